The van der Waals surface area contributed by atoms with Gasteiger partial charge in [0.15, 0.2) is 0 Å². The summed E-state index contributed by atoms with van der Waals surface area (Å²) in [4.78, 5) is 16.3. The number of halogens is 1. The minimum Gasteiger partial charge on any atom is -0.379 e. The summed E-state index contributed by atoms with van der Waals surface area (Å²) in [7, 11) is 0. The Hall–Kier alpha value is -1.92. The molecule has 0 spiro atoms. The second-order valence-corrected chi connectivity index (χ2v) is 5.84. The maximum Gasteiger partial charge on any atom is 0.290 e. The second-order valence-electron chi connectivity index (χ2n) is 5.40. The number of aryl methyl sites for hydroxylation is 1. The molecule has 6 nitrogen and oxygen atoms in total. The van der Waals surface area contributed by atoms with Gasteiger partial charge in [-0.1, -0.05) is 11.6 Å². The molecule has 0 radical (unpaired) electrons. The van der Waals surface area contributed by atoms with Gasteiger partial charge >= 0.3 is 0 Å². The normalized spacial score (nSPS) is 11.0. The average Bonchev–Trinajstić information content (AvgIpc) is 2.89. The van der Waals surface area contributed by atoms with Crippen LogP contribution in [0, 0.1) is 6.92 Å². The van der Waals surface area contributed by atoms with E-state index in [1.54, 1.807) is 23.7 Å². The van der Waals surface area contributed by atoms with Crippen LogP contribution in [0.15, 0.2) is 24.3 Å². The first-order chi connectivity index (χ1) is 11.0. The van der Waals surface area contributed by atoms with Gasteiger partial charge in [-0.15, -0.1) is 5.10 Å². The number of benzene rings is 1. The van der Waals surface area contributed by atoms with E-state index in [0.29, 0.717) is 24.0 Å². The number of hydrogen-bond acceptors (Lipinski definition) is 4. The SMILES string of the molecule is Cc1nc(C(=O)NCCCOC(C)C)nn1-c1ccc(Cl)cc1. The summed E-state index contributed by atoms with van der Waals surface area (Å²) >= 11 is 5.88. The van der Waals surface area contributed by atoms with Crippen molar-refractivity contribution in [1.82, 2.24) is 20.1 Å². The number of nitrogens with one attached hydrogen (secondary N) is 1. The highest BCUT2D eigenvalue weighted by Crippen LogP contribution is 2.14. The van der Waals surface area contributed by atoms with Crippen LogP contribution in [0.5, 0.6) is 0 Å². The van der Waals surface area contributed by atoms with Gasteiger partial charge in [-0.25, -0.2) is 9.67 Å². The molecule has 0 saturated carbocycles. The number of carbonyl (C=O) groups excluding carboxylic acids is 1. The minimum atomic E-state index is -0.287. The fourth-order valence-electron chi connectivity index (χ4n) is 1.99. The first kappa shape index (κ1) is 17.4. The molecule has 0 bridgehead atoms. The van der Waals surface area contributed by atoms with Crippen molar-refractivity contribution >= 4 is 17.5 Å². The van der Waals surface area contributed by atoms with Crippen LogP contribution in [0.3, 0.4) is 0 Å². The molecule has 7 heteroatoms. The van der Waals surface area contributed by atoms with E-state index in [2.05, 4.69) is 15.4 Å². The molecule has 0 aliphatic heterocycles. The highest BCUT2D eigenvalue weighted by molar-refractivity contribution is 6.30. The summed E-state index contributed by atoms with van der Waals surface area (Å²) < 4.78 is 7.04. The lowest BCUT2D eigenvalue weighted by molar-refractivity contribution is 0.0756. The molecule has 23 heavy (non-hydrogen) atoms. The molecule has 1 aromatic carbocycles. The Morgan fingerprint density at radius 2 is 2.04 bits per heavy atom. The zero-order valence-corrected chi connectivity index (χ0v) is 14.3. The van der Waals surface area contributed by atoms with Crippen molar-refractivity contribution in [3.63, 3.8) is 0 Å². The lowest BCUT2D eigenvalue weighted by Crippen LogP contribution is -2.26. The third kappa shape index (κ3) is 5.04. The summed E-state index contributed by atoms with van der Waals surface area (Å²) in [5, 5.41) is 7.70. The summed E-state index contributed by atoms with van der Waals surface area (Å²) in [6, 6.07) is 7.20. The second kappa shape index (κ2) is 8.08. The maximum atomic E-state index is 12.1. The van der Waals surface area contributed by atoms with Gasteiger partial charge in [0.2, 0.25) is 5.82 Å². The fraction of sp³-hybridized carbons (Fsp3) is 0.438. The minimum absolute atomic E-state index is 0.155. The summed E-state index contributed by atoms with van der Waals surface area (Å²) in [5.41, 5.74) is 0.809. The molecule has 124 valence electrons. The Balaban J connectivity index is 1.94. The van der Waals surface area contributed by atoms with E-state index in [9.17, 15) is 4.79 Å². The largest absolute Gasteiger partial charge is 0.379 e. The average molecular weight is 337 g/mol. The molecule has 0 atom stereocenters. The van der Waals surface area contributed by atoms with Crippen molar-refractivity contribution in [2.75, 3.05) is 13.2 Å². The third-order valence-corrected chi connectivity index (χ3v) is 3.35. The molecule has 1 N–H and O–H groups in total. The van der Waals surface area contributed by atoms with Crippen molar-refractivity contribution < 1.29 is 9.53 Å². The number of aromatic nitrogens is 3. The van der Waals surface area contributed by atoms with Crippen LogP contribution in [-0.4, -0.2) is 39.9 Å². The highest BCUT2D eigenvalue weighted by atomic mass is 35.5. The van der Waals surface area contributed by atoms with Gasteiger partial charge < -0.3 is 10.1 Å². The van der Waals surface area contributed by atoms with Gasteiger partial charge in [-0.2, -0.15) is 0 Å². The van der Waals surface area contributed by atoms with Crippen LogP contribution in [0.1, 0.15) is 36.7 Å². The first-order valence-corrected chi connectivity index (χ1v) is 7.94. The molecule has 0 aliphatic carbocycles. The van der Waals surface area contributed by atoms with Crippen LogP contribution in [0.4, 0.5) is 0 Å². The molecule has 0 aliphatic rings. The number of amides is 1. The lowest BCUT2D eigenvalue weighted by atomic mass is 10.3. The smallest absolute Gasteiger partial charge is 0.290 e. The van der Waals surface area contributed by atoms with Crippen molar-refractivity contribution in [2.45, 2.75) is 33.3 Å². The van der Waals surface area contributed by atoms with Crippen molar-refractivity contribution in [3.05, 3.63) is 40.9 Å². The van der Waals surface area contributed by atoms with Crippen LogP contribution in [0.25, 0.3) is 5.69 Å². The zero-order chi connectivity index (χ0) is 16.8. The Morgan fingerprint density at radius 1 is 1.35 bits per heavy atom. The number of ether oxygens (including phenoxy) is 1. The molecule has 0 saturated heterocycles. The van der Waals surface area contributed by atoms with E-state index in [1.165, 1.54) is 0 Å². The summed E-state index contributed by atoms with van der Waals surface area (Å²) in [6.45, 7) is 6.90. The lowest BCUT2D eigenvalue weighted by Gasteiger charge is -2.07. The summed E-state index contributed by atoms with van der Waals surface area (Å²) in [5.74, 6) is 0.508. The van der Waals surface area contributed by atoms with Gasteiger partial charge in [0.25, 0.3) is 5.91 Å². The van der Waals surface area contributed by atoms with E-state index in [-0.39, 0.29) is 17.8 Å². The molecule has 2 rings (SSSR count). The maximum absolute atomic E-state index is 12.1. The molecule has 0 unspecified atom stereocenters. The Morgan fingerprint density at radius 3 is 2.70 bits per heavy atom. The van der Waals surface area contributed by atoms with Crippen LogP contribution in [-0.2, 0) is 4.74 Å². The molecule has 1 amide bonds. The van der Waals surface area contributed by atoms with E-state index in [4.69, 9.17) is 16.3 Å². The predicted molar refractivity (Wildman–Crippen MR) is 89.1 cm³/mol. The highest BCUT2D eigenvalue weighted by Gasteiger charge is 2.14. The Kier molecular flexibility index (Phi) is 6.12. The van der Waals surface area contributed by atoms with Gasteiger partial charge in [0.1, 0.15) is 5.82 Å². The molecular weight excluding hydrogens is 316 g/mol. The Labute approximate surface area is 140 Å². The van der Waals surface area contributed by atoms with Gasteiger partial charge in [0, 0.05) is 18.2 Å². The van der Waals surface area contributed by atoms with Crippen LogP contribution in [0.2, 0.25) is 5.02 Å². The quantitative estimate of drug-likeness (QED) is 0.789. The molecule has 1 aromatic heterocycles. The fourth-order valence-corrected chi connectivity index (χ4v) is 2.11. The Bertz CT molecular complexity index is 653. The molecule has 0 fully saturated rings. The van der Waals surface area contributed by atoms with Crippen LogP contribution < -0.4 is 5.32 Å². The standard InChI is InChI=1S/C16H21ClN4O2/c1-11(2)23-10-4-9-18-16(22)15-19-12(3)21(20-15)14-7-5-13(17)6-8-14/h5-8,11H,4,9-10H2,1-3H3,(H,18,22). The van der Waals surface area contributed by atoms with Gasteiger partial charge in [-0.3, -0.25) is 4.79 Å². The number of hydrogen-bond donors (Lipinski definition) is 1. The van der Waals surface area contributed by atoms with E-state index >= 15 is 0 Å². The van der Waals surface area contributed by atoms with Crippen LogP contribution >= 0.6 is 11.6 Å². The van der Waals surface area contributed by atoms with Gasteiger partial charge in [-0.05, 0) is 51.5 Å². The predicted octanol–water partition coefficient (Wildman–Crippen LogP) is 2.77. The topological polar surface area (TPSA) is 69.0 Å². The zero-order valence-electron chi connectivity index (χ0n) is 13.5. The van der Waals surface area contributed by atoms with E-state index in [0.717, 1.165) is 12.1 Å². The van der Waals surface area contributed by atoms with E-state index < -0.39 is 0 Å². The number of carbonyl (C=O) groups is 1. The van der Waals surface area contributed by atoms with Crippen molar-refractivity contribution in [2.24, 2.45) is 0 Å². The third-order valence-electron chi connectivity index (χ3n) is 3.10. The monoisotopic (exact) mass is 336 g/mol. The molecular formula is C16H21ClN4O2. The molecule has 2 aromatic rings. The van der Waals surface area contributed by atoms with Crippen molar-refractivity contribution in [1.29, 1.82) is 0 Å². The first-order valence-electron chi connectivity index (χ1n) is 7.57. The summed E-state index contributed by atoms with van der Waals surface area (Å²) in [6.07, 6.45) is 0.950. The van der Waals surface area contributed by atoms with Crippen molar-refractivity contribution in [3.8, 4) is 5.69 Å². The molecule has 1 heterocycles. The number of nitrogens with zero attached hydrogens (tertiary/aromatic N) is 3. The van der Waals surface area contributed by atoms with E-state index in [1.807, 2.05) is 26.0 Å². The number of rotatable bonds is 7. The van der Waals surface area contributed by atoms with Gasteiger partial charge in [0.05, 0.1) is 11.8 Å².